The molecule has 3 rings (SSSR count). The Labute approximate surface area is 232 Å². The smallest absolute Gasteiger partial charge is 0.303 e. The van der Waals surface area contributed by atoms with Crippen molar-refractivity contribution in [2.45, 2.75) is 19.4 Å². The van der Waals surface area contributed by atoms with Crippen LogP contribution in [0.1, 0.15) is 37.8 Å². The van der Waals surface area contributed by atoms with Crippen molar-refractivity contribution in [2.24, 2.45) is 0 Å². The van der Waals surface area contributed by atoms with Crippen LogP contribution in [0.3, 0.4) is 0 Å². The van der Waals surface area contributed by atoms with Crippen LogP contribution in [0.2, 0.25) is 0 Å². The van der Waals surface area contributed by atoms with E-state index >= 15 is 0 Å². The highest BCUT2D eigenvalue weighted by Gasteiger charge is 2.24. The topological polar surface area (TPSA) is 127 Å². The van der Waals surface area contributed by atoms with E-state index in [2.05, 4.69) is 4.98 Å². The van der Waals surface area contributed by atoms with E-state index in [-0.39, 0.29) is 18.1 Å². The Kier molecular flexibility index (Phi) is 10.3. The van der Waals surface area contributed by atoms with Gasteiger partial charge >= 0.3 is 10.2 Å². The molecule has 13 heteroatoms. The van der Waals surface area contributed by atoms with Crippen molar-refractivity contribution in [1.29, 1.82) is 0 Å². The van der Waals surface area contributed by atoms with E-state index in [1.54, 1.807) is 17.0 Å². The third-order valence-electron chi connectivity index (χ3n) is 5.75. The van der Waals surface area contributed by atoms with Crippen LogP contribution < -0.4 is 18.9 Å². The van der Waals surface area contributed by atoms with Crippen LogP contribution in [0, 0.1) is 0 Å². The quantitative estimate of drug-likeness (QED) is 0.329. The number of carbonyl (C=O) groups excluding carboxylic acids is 2. The lowest BCUT2D eigenvalue weighted by molar-refractivity contribution is 0.0740. The van der Waals surface area contributed by atoms with Gasteiger partial charge in [0.2, 0.25) is 5.75 Å². The largest absolute Gasteiger partial charge is 0.493 e. The van der Waals surface area contributed by atoms with Crippen molar-refractivity contribution in [2.75, 3.05) is 42.0 Å². The second-order valence-corrected chi connectivity index (χ2v) is 11.4. The summed E-state index contributed by atoms with van der Waals surface area (Å²) < 4.78 is 43.1. The van der Waals surface area contributed by atoms with E-state index in [9.17, 15) is 18.0 Å². The average molecular weight is 577 g/mol. The Morgan fingerprint density at radius 2 is 1.64 bits per heavy atom. The molecule has 0 bridgehead atoms. The van der Waals surface area contributed by atoms with Gasteiger partial charge in [-0.2, -0.15) is 12.7 Å². The van der Waals surface area contributed by atoms with Crippen LogP contribution in [0.4, 0.5) is 0 Å². The lowest BCUT2D eigenvalue weighted by atomic mass is 10.1. The molecular formula is C26H32N4O7S2. The minimum atomic E-state index is -3.97. The van der Waals surface area contributed by atoms with E-state index in [1.165, 1.54) is 40.8 Å². The Hall–Kier alpha value is -3.68. The van der Waals surface area contributed by atoms with Crippen molar-refractivity contribution in [3.05, 3.63) is 69.7 Å². The molecule has 0 saturated heterocycles. The van der Waals surface area contributed by atoms with Gasteiger partial charge in [-0.25, -0.2) is 9.71 Å². The molecule has 2 amide bonds. The standard InChI is InChI=1S/C26H32N4O7S2/c1-29(2)39(33,34)28-25(31)20-17-38-23(27-20)16-30(13-9-12-18-10-7-6-8-11-18)26(32)19-14-21(35-3)24(37-5)22(15-19)36-4/h6-8,10-11,14-15,17H,9,12-13,16H2,1-5H3,(H,28,31). The van der Waals surface area contributed by atoms with Crippen molar-refractivity contribution in [3.8, 4) is 17.2 Å². The summed E-state index contributed by atoms with van der Waals surface area (Å²) in [6.07, 6.45) is 1.44. The van der Waals surface area contributed by atoms with Crippen LogP contribution in [0.15, 0.2) is 47.8 Å². The molecule has 0 fully saturated rings. The summed E-state index contributed by atoms with van der Waals surface area (Å²) in [6.45, 7) is 0.517. The van der Waals surface area contributed by atoms with Crippen LogP contribution in [-0.2, 0) is 23.2 Å². The maximum Gasteiger partial charge on any atom is 0.303 e. The number of carbonyl (C=O) groups is 2. The van der Waals surface area contributed by atoms with Crippen molar-refractivity contribution < 1.29 is 32.2 Å². The average Bonchev–Trinajstić information content (AvgIpc) is 3.40. The second-order valence-electron chi connectivity index (χ2n) is 8.57. The molecule has 39 heavy (non-hydrogen) atoms. The zero-order chi connectivity index (χ0) is 28.6. The Morgan fingerprint density at radius 3 is 2.21 bits per heavy atom. The monoisotopic (exact) mass is 576 g/mol. The van der Waals surface area contributed by atoms with Crippen LogP contribution in [-0.4, -0.2) is 76.4 Å². The molecule has 0 atom stereocenters. The lowest BCUT2D eigenvalue weighted by Gasteiger charge is -2.23. The highest BCUT2D eigenvalue weighted by molar-refractivity contribution is 7.87. The SMILES string of the molecule is COc1cc(C(=O)N(CCCc2ccccc2)Cc2nc(C(=O)NS(=O)(=O)N(C)C)cs2)cc(OC)c1OC. The highest BCUT2D eigenvalue weighted by atomic mass is 32.2. The van der Waals surface area contributed by atoms with Gasteiger partial charge in [0.15, 0.2) is 11.5 Å². The predicted molar refractivity (Wildman–Crippen MR) is 148 cm³/mol. The minimum Gasteiger partial charge on any atom is -0.493 e. The van der Waals surface area contributed by atoms with E-state index in [0.717, 1.165) is 27.6 Å². The van der Waals surface area contributed by atoms with E-state index in [4.69, 9.17) is 14.2 Å². The molecule has 0 aliphatic heterocycles. The normalized spacial score (nSPS) is 11.2. The first kappa shape index (κ1) is 29.9. The maximum absolute atomic E-state index is 13.7. The summed E-state index contributed by atoms with van der Waals surface area (Å²) in [5, 5.41) is 1.94. The van der Waals surface area contributed by atoms with Crippen LogP contribution >= 0.6 is 11.3 Å². The molecule has 3 aromatic rings. The Balaban J connectivity index is 1.86. The number of benzene rings is 2. The number of nitrogens with one attached hydrogen (secondary N) is 1. The highest BCUT2D eigenvalue weighted by Crippen LogP contribution is 2.38. The van der Waals surface area contributed by atoms with Gasteiger partial charge in [-0.05, 0) is 30.5 Å². The van der Waals surface area contributed by atoms with Gasteiger partial charge in [0.25, 0.3) is 11.8 Å². The Bertz CT molecular complexity index is 1370. The van der Waals surface area contributed by atoms with E-state index < -0.39 is 16.1 Å². The minimum absolute atomic E-state index is 0.0510. The molecule has 0 radical (unpaired) electrons. The van der Waals surface area contributed by atoms with Gasteiger partial charge in [0.05, 0.1) is 27.9 Å². The maximum atomic E-state index is 13.7. The third-order valence-corrected chi connectivity index (χ3v) is 7.99. The van der Waals surface area contributed by atoms with Gasteiger partial charge in [0.1, 0.15) is 10.7 Å². The number of thiazole rings is 1. The summed E-state index contributed by atoms with van der Waals surface area (Å²) in [4.78, 5) is 32.1. The molecule has 11 nitrogen and oxygen atoms in total. The fourth-order valence-electron chi connectivity index (χ4n) is 3.67. The van der Waals surface area contributed by atoms with Gasteiger partial charge in [-0.3, -0.25) is 9.59 Å². The summed E-state index contributed by atoms with van der Waals surface area (Å²) in [7, 11) is 3.08. The number of ether oxygens (including phenoxy) is 3. The first-order valence-corrected chi connectivity index (χ1v) is 14.2. The molecule has 2 aromatic carbocycles. The number of rotatable bonds is 13. The zero-order valence-corrected chi connectivity index (χ0v) is 24.1. The van der Waals surface area contributed by atoms with Crippen molar-refractivity contribution >= 4 is 33.4 Å². The van der Waals surface area contributed by atoms with E-state index in [0.29, 0.717) is 40.8 Å². The number of methoxy groups -OCH3 is 3. The number of hydrogen-bond donors (Lipinski definition) is 1. The first-order chi connectivity index (χ1) is 18.6. The van der Waals surface area contributed by atoms with Gasteiger partial charge < -0.3 is 19.1 Å². The lowest BCUT2D eigenvalue weighted by Crippen LogP contribution is -2.39. The Morgan fingerprint density at radius 1 is 1.00 bits per heavy atom. The predicted octanol–water partition coefficient (Wildman–Crippen LogP) is 2.98. The third kappa shape index (κ3) is 7.68. The van der Waals surface area contributed by atoms with Crippen LogP contribution in [0.25, 0.3) is 0 Å². The fraction of sp³-hybridized carbons (Fsp3) is 0.346. The molecule has 0 aliphatic rings. The number of hydrogen-bond acceptors (Lipinski definition) is 9. The molecule has 1 N–H and O–H groups in total. The molecule has 0 saturated carbocycles. The molecule has 0 aliphatic carbocycles. The van der Waals surface area contributed by atoms with E-state index in [1.807, 2.05) is 35.1 Å². The molecule has 0 spiro atoms. The molecule has 1 aromatic heterocycles. The molecule has 0 unspecified atom stereocenters. The zero-order valence-electron chi connectivity index (χ0n) is 22.5. The number of nitrogens with zero attached hydrogens (tertiary/aromatic N) is 3. The van der Waals surface area contributed by atoms with Crippen LogP contribution in [0.5, 0.6) is 17.2 Å². The summed E-state index contributed by atoms with van der Waals surface area (Å²) >= 11 is 1.16. The molecular weight excluding hydrogens is 544 g/mol. The van der Waals surface area contributed by atoms with Gasteiger partial charge in [-0.1, -0.05) is 30.3 Å². The number of amides is 2. The molecule has 1 heterocycles. The fourth-order valence-corrected chi connectivity index (χ4v) is 4.98. The number of aryl methyl sites for hydroxylation is 1. The van der Waals surface area contributed by atoms with Crippen molar-refractivity contribution in [3.63, 3.8) is 0 Å². The number of aromatic nitrogens is 1. The summed E-state index contributed by atoms with van der Waals surface area (Å²) in [5.74, 6) is -0.0774. The van der Waals surface area contributed by atoms with Gasteiger partial charge in [-0.15, -0.1) is 11.3 Å². The van der Waals surface area contributed by atoms with Gasteiger partial charge in [0, 0.05) is 31.6 Å². The first-order valence-electron chi connectivity index (χ1n) is 11.9. The molecule has 210 valence electrons. The van der Waals surface area contributed by atoms with Crippen molar-refractivity contribution in [1.82, 2.24) is 18.9 Å². The summed E-state index contributed by atoms with van der Waals surface area (Å²) in [6, 6.07) is 13.1. The summed E-state index contributed by atoms with van der Waals surface area (Å²) in [5.41, 5.74) is 1.42. The second kappa shape index (κ2) is 13.4.